The predicted octanol–water partition coefficient (Wildman–Crippen LogP) is 1.32. The van der Waals surface area contributed by atoms with E-state index in [4.69, 9.17) is 5.73 Å². The first-order valence-corrected chi connectivity index (χ1v) is 6.87. The molecule has 4 nitrogen and oxygen atoms in total. The summed E-state index contributed by atoms with van der Waals surface area (Å²) in [5.74, 6) is -3.25. The maximum Gasteiger partial charge on any atom is 0.273 e. The number of halogens is 3. The summed E-state index contributed by atoms with van der Waals surface area (Å²) in [4.78, 5) is -0.0836. The van der Waals surface area contributed by atoms with E-state index in [1.54, 1.807) is 6.07 Å². The third-order valence-electron chi connectivity index (χ3n) is 1.93. The van der Waals surface area contributed by atoms with E-state index in [-0.39, 0.29) is 4.90 Å². The second-order valence-corrected chi connectivity index (χ2v) is 6.02. The molecule has 96 valence electrons. The van der Waals surface area contributed by atoms with Gasteiger partial charge in [-0.2, -0.15) is 0 Å². The van der Waals surface area contributed by atoms with E-state index in [0.717, 1.165) is 0 Å². The fraction of sp³-hybridized carbons (Fsp3) is 0.333. The summed E-state index contributed by atoms with van der Waals surface area (Å²) in [5, 5.41) is 0. The van der Waals surface area contributed by atoms with Crippen molar-refractivity contribution in [3.63, 3.8) is 0 Å². The number of rotatable bonds is 5. The molecule has 0 aliphatic rings. The van der Waals surface area contributed by atoms with Gasteiger partial charge in [-0.3, -0.25) is 0 Å². The van der Waals surface area contributed by atoms with Crippen molar-refractivity contribution >= 4 is 26.0 Å². The molecule has 0 saturated carbocycles. The Morgan fingerprint density at radius 2 is 2.06 bits per heavy atom. The Morgan fingerprint density at radius 3 is 2.59 bits per heavy atom. The van der Waals surface area contributed by atoms with Crippen LogP contribution in [0.2, 0.25) is 0 Å². The third-order valence-corrected chi connectivity index (χ3v) is 3.82. The molecule has 1 aromatic rings. The molecule has 0 spiro atoms. The van der Waals surface area contributed by atoms with Gasteiger partial charge in [0.05, 0.1) is 18.0 Å². The molecular weight excluding hydrogens is 318 g/mol. The Balaban J connectivity index is 2.83. The zero-order valence-corrected chi connectivity index (χ0v) is 11.1. The lowest BCUT2D eigenvalue weighted by atomic mass is 10.3. The van der Waals surface area contributed by atoms with Crippen LogP contribution in [0.3, 0.4) is 0 Å². The van der Waals surface area contributed by atoms with E-state index in [9.17, 15) is 17.2 Å². The van der Waals surface area contributed by atoms with Crippen molar-refractivity contribution in [3.8, 4) is 0 Å². The molecule has 0 saturated heterocycles. The Morgan fingerprint density at radius 1 is 1.41 bits per heavy atom. The van der Waals surface area contributed by atoms with E-state index >= 15 is 0 Å². The van der Waals surface area contributed by atoms with Crippen molar-refractivity contribution in [2.45, 2.75) is 10.8 Å². The zero-order chi connectivity index (χ0) is 13.1. The molecule has 0 atom stereocenters. The first kappa shape index (κ1) is 14.5. The minimum absolute atomic E-state index is 0.0836. The van der Waals surface area contributed by atoms with Gasteiger partial charge in [0.1, 0.15) is 0 Å². The lowest BCUT2D eigenvalue weighted by Crippen LogP contribution is -2.41. The summed E-state index contributed by atoms with van der Waals surface area (Å²) in [6.07, 6.45) is 0. The molecule has 0 heterocycles. The highest BCUT2D eigenvalue weighted by molar-refractivity contribution is 9.10. The van der Waals surface area contributed by atoms with Crippen LogP contribution >= 0.6 is 15.9 Å². The number of nitrogens with two attached hydrogens (primary N) is 1. The molecule has 3 N–H and O–H groups in total. The van der Waals surface area contributed by atoms with E-state index in [0.29, 0.717) is 4.47 Å². The van der Waals surface area contributed by atoms with Crippen molar-refractivity contribution in [2.24, 2.45) is 5.73 Å². The molecule has 0 amide bonds. The van der Waals surface area contributed by atoms with Crippen LogP contribution in [0.4, 0.5) is 8.78 Å². The topological polar surface area (TPSA) is 72.2 Å². The van der Waals surface area contributed by atoms with Crippen LogP contribution in [0.1, 0.15) is 0 Å². The van der Waals surface area contributed by atoms with Gasteiger partial charge in [0.25, 0.3) is 5.92 Å². The second kappa shape index (κ2) is 5.38. The summed E-state index contributed by atoms with van der Waals surface area (Å²) >= 11 is 3.10. The smallest absolute Gasteiger partial charge is 0.273 e. The fourth-order valence-corrected chi connectivity index (χ4v) is 2.65. The Bertz CT molecular complexity index is 494. The number of sulfonamides is 1. The highest BCUT2D eigenvalue weighted by atomic mass is 79.9. The highest BCUT2D eigenvalue weighted by Gasteiger charge is 2.29. The zero-order valence-electron chi connectivity index (χ0n) is 8.66. The van der Waals surface area contributed by atoms with Crippen molar-refractivity contribution in [3.05, 3.63) is 28.7 Å². The first-order chi connectivity index (χ1) is 7.77. The van der Waals surface area contributed by atoms with Gasteiger partial charge in [0, 0.05) is 4.47 Å². The minimum Gasteiger partial charge on any atom is -0.325 e. The number of benzene rings is 1. The lowest BCUT2D eigenvalue weighted by molar-refractivity contribution is 0.0170. The van der Waals surface area contributed by atoms with Crippen molar-refractivity contribution in [2.75, 3.05) is 13.1 Å². The SMILES string of the molecule is NCC(F)(F)CNS(=O)(=O)c1cccc(Br)c1. The number of hydrogen-bond donors (Lipinski definition) is 2. The van der Waals surface area contributed by atoms with Crippen molar-refractivity contribution < 1.29 is 17.2 Å². The summed E-state index contributed by atoms with van der Waals surface area (Å²) in [6.45, 7) is -1.92. The van der Waals surface area contributed by atoms with Gasteiger partial charge in [0.15, 0.2) is 0 Å². The quantitative estimate of drug-likeness (QED) is 0.856. The van der Waals surface area contributed by atoms with Gasteiger partial charge in [-0.25, -0.2) is 21.9 Å². The fourth-order valence-electron chi connectivity index (χ4n) is 0.990. The van der Waals surface area contributed by atoms with Gasteiger partial charge in [-0.15, -0.1) is 0 Å². The maximum absolute atomic E-state index is 12.8. The molecule has 0 aliphatic carbocycles. The number of hydrogen-bond acceptors (Lipinski definition) is 3. The average molecular weight is 329 g/mol. The summed E-state index contributed by atoms with van der Waals surface area (Å²) in [7, 11) is -3.94. The minimum atomic E-state index is -3.94. The van der Waals surface area contributed by atoms with Gasteiger partial charge in [-0.1, -0.05) is 22.0 Å². The molecule has 0 radical (unpaired) electrons. The van der Waals surface area contributed by atoms with E-state index in [1.165, 1.54) is 18.2 Å². The van der Waals surface area contributed by atoms with Gasteiger partial charge >= 0.3 is 0 Å². The van der Waals surface area contributed by atoms with Crippen LogP contribution in [0.5, 0.6) is 0 Å². The van der Waals surface area contributed by atoms with Crippen LogP contribution < -0.4 is 10.5 Å². The van der Waals surface area contributed by atoms with Crippen LogP contribution in [0.15, 0.2) is 33.6 Å². The Hall–Kier alpha value is -0.570. The van der Waals surface area contributed by atoms with Gasteiger partial charge in [-0.05, 0) is 18.2 Å². The standard InChI is InChI=1S/C9H11BrF2N2O2S/c10-7-2-1-3-8(4-7)17(15,16)14-6-9(11,12)5-13/h1-4,14H,5-6,13H2. The maximum atomic E-state index is 12.8. The molecular formula is C9H11BrF2N2O2S. The summed E-state index contributed by atoms with van der Waals surface area (Å²) in [5.41, 5.74) is 4.81. The summed E-state index contributed by atoms with van der Waals surface area (Å²) in [6, 6.07) is 5.77. The van der Waals surface area contributed by atoms with Crippen molar-refractivity contribution in [1.29, 1.82) is 0 Å². The molecule has 0 unspecified atom stereocenters. The Kier molecular flexibility index (Phi) is 4.59. The number of nitrogens with one attached hydrogen (secondary N) is 1. The molecule has 0 fully saturated rings. The molecule has 1 rings (SSSR count). The predicted molar refractivity (Wildman–Crippen MR) is 63.3 cm³/mol. The third kappa shape index (κ3) is 4.30. The lowest BCUT2D eigenvalue weighted by Gasteiger charge is -2.14. The molecule has 0 aromatic heterocycles. The summed E-state index contributed by atoms with van der Waals surface area (Å²) < 4.78 is 51.3. The largest absolute Gasteiger partial charge is 0.325 e. The highest BCUT2D eigenvalue weighted by Crippen LogP contribution is 2.17. The van der Waals surface area contributed by atoms with E-state index in [2.05, 4.69) is 15.9 Å². The normalized spacial score (nSPS) is 12.7. The monoisotopic (exact) mass is 328 g/mol. The van der Waals surface area contributed by atoms with Gasteiger partial charge < -0.3 is 5.73 Å². The molecule has 17 heavy (non-hydrogen) atoms. The van der Waals surface area contributed by atoms with Crippen LogP contribution in [0, 0.1) is 0 Å². The van der Waals surface area contributed by atoms with Crippen LogP contribution in [-0.2, 0) is 10.0 Å². The second-order valence-electron chi connectivity index (χ2n) is 3.34. The first-order valence-electron chi connectivity index (χ1n) is 4.60. The Labute approximate surface area is 106 Å². The van der Waals surface area contributed by atoms with E-state index in [1.807, 2.05) is 4.72 Å². The number of alkyl halides is 2. The average Bonchev–Trinajstić information content (AvgIpc) is 2.27. The van der Waals surface area contributed by atoms with Crippen LogP contribution in [0.25, 0.3) is 0 Å². The van der Waals surface area contributed by atoms with E-state index < -0.39 is 29.0 Å². The molecule has 8 heteroatoms. The molecule has 1 aromatic carbocycles. The molecule has 0 bridgehead atoms. The van der Waals surface area contributed by atoms with Crippen LogP contribution in [-0.4, -0.2) is 27.4 Å². The van der Waals surface area contributed by atoms with Crippen molar-refractivity contribution in [1.82, 2.24) is 4.72 Å². The van der Waals surface area contributed by atoms with Gasteiger partial charge in [0.2, 0.25) is 10.0 Å². The molecule has 0 aliphatic heterocycles.